The summed E-state index contributed by atoms with van der Waals surface area (Å²) >= 11 is 0. The highest BCUT2D eigenvalue weighted by Gasteiger charge is 2.33. The first-order chi connectivity index (χ1) is 11.3. The molecular formula is C14H12F3N3O3S. The molecule has 0 amide bonds. The Morgan fingerprint density at radius 1 is 1.25 bits per heavy atom. The van der Waals surface area contributed by atoms with Crippen LogP contribution in [0.2, 0.25) is 0 Å². The lowest BCUT2D eigenvalue weighted by atomic mass is 10.3. The first-order valence-corrected chi connectivity index (χ1v) is 8.53. The van der Waals surface area contributed by atoms with E-state index in [0.29, 0.717) is 0 Å². The Morgan fingerprint density at radius 3 is 2.75 bits per heavy atom. The predicted octanol–water partition coefficient (Wildman–Crippen LogP) is 2.14. The number of fused-ring (bicyclic) bond motifs is 1. The standard InChI is InChI=1S/C14H12F3N3O3S/c15-14(16,17)12-5-6-18-13(20-12)19-7-9-8-24(21,22)11-4-2-1-3-10(11)23-9/h1-6,9H,7-8H2,(H,18,19,20). The third-order valence-corrected chi connectivity index (χ3v) is 5.14. The zero-order valence-electron chi connectivity index (χ0n) is 12.1. The van der Waals surface area contributed by atoms with Gasteiger partial charge < -0.3 is 10.1 Å². The zero-order valence-corrected chi connectivity index (χ0v) is 12.9. The number of para-hydroxylation sites is 1. The molecule has 1 aromatic heterocycles. The van der Waals surface area contributed by atoms with E-state index in [1.165, 1.54) is 12.1 Å². The average molecular weight is 359 g/mol. The van der Waals surface area contributed by atoms with Crippen molar-refractivity contribution in [2.45, 2.75) is 17.2 Å². The van der Waals surface area contributed by atoms with Gasteiger partial charge in [-0.3, -0.25) is 0 Å². The van der Waals surface area contributed by atoms with Crippen LogP contribution in [0, 0.1) is 0 Å². The summed E-state index contributed by atoms with van der Waals surface area (Å²) < 4.78 is 67.8. The Hall–Kier alpha value is -2.36. The first kappa shape index (κ1) is 16.5. The molecular weight excluding hydrogens is 347 g/mol. The van der Waals surface area contributed by atoms with E-state index in [9.17, 15) is 21.6 Å². The number of anilines is 1. The second-order valence-electron chi connectivity index (χ2n) is 5.11. The molecule has 6 nitrogen and oxygen atoms in total. The lowest BCUT2D eigenvalue weighted by molar-refractivity contribution is -0.141. The van der Waals surface area contributed by atoms with E-state index >= 15 is 0 Å². The van der Waals surface area contributed by atoms with Gasteiger partial charge in [0.25, 0.3) is 0 Å². The number of alkyl halides is 3. The van der Waals surface area contributed by atoms with Crippen molar-refractivity contribution in [1.29, 1.82) is 0 Å². The molecule has 24 heavy (non-hydrogen) atoms. The van der Waals surface area contributed by atoms with Gasteiger partial charge in [-0.15, -0.1) is 0 Å². The molecule has 1 aliphatic heterocycles. The lowest BCUT2D eigenvalue weighted by Crippen LogP contribution is -2.37. The van der Waals surface area contributed by atoms with Crippen LogP contribution < -0.4 is 10.1 Å². The van der Waals surface area contributed by atoms with Gasteiger partial charge in [-0.25, -0.2) is 18.4 Å². The summed E-state index contributed by atoms with van der Waals surface area (Å²) in [5.74, 6) is -0.305. The van der Waals surface area contributed by atoms with Crippen LogP contribution in [-0.2, 0) is 16.0 Å². The van der Waals surface area contributed by atoms with Crippen molar-refractivity contribution in [3.63, 3.8) is 0 Å². The van der Waals surface area contributed by atoms with E-state index < -0.39 is 27.8 Å². The van der Waals surface area contributed by atoms with Crippen LogP contribution in [0.25, 0.3) is 0 Å². The molecule has 0 aliphatic carbocycles. The number of hydrogen-bond donors (Lipinski definition) is 1. The summed E-state index contributed by atoms with van der Waals surface area (Å²) in [6.45, 7) is -0.0468. The number of nitrogens with one attached hydrogen (secondary N) is 1. The second kappa shape index (κ2) is 5.93. The molecule has 10 heteroatoms. The highest BCUT2D eigenvalue weighted by Crippen LogP contribution is 2.31. The predicted molar refractivity (Wildman–Crippen MR) is 78.4 cm³/mol. The molecule has 1 N–H and O–H groups in total. The summed E-state index contributed by atoms with van der Waals surface area (Å²) in [6.07, 6.45) is -4.36. The van der Waals surface area contributed by atoms with Crippen molar-refractivity contribution in [2.75, 3.05) is 17.6 Å². The number of rotatable bonds is 3. The molecule has 1 aliphatic rings. The smallest absolute Gasteiger partial charge is 0.433 e. The Morgan fingerprint density at radius 2 is 2.00 bits per heavy atom. The Labute approximate surface area is 135 Å². The number of aromatic nitrogens is 2. The largest absolute Gasteiger partial charge is 0.486 e. The van der Waals surface area contributed by atoms with Gasteiger partial charge in [0.15, 0.2) is 9.84 Å². The van der Waals surface area contributed by atoms with Crippen molar-refractivity contribution in [3.8, 4) is 5.75 Å². The van der Waals surface area contributed by atoms with Gasteiger partial charge in [0.1, 0.15) is 22.4 Å². The van der Waals surface area contributed by atoms with Gasteiger partial charge >= 0.3 is 6.18 Å². The summed E-state index contributed by atoms with van der Waals surface area (Å²) in [5.41, 5.74) is -1.08. The molecule has 0 radical (unpaired) electrons. The van der Waals surface area contributed by atoms with Crippen LogP contribution in [0.3, 0.4) is 0 Å². The number of hydrogen-bond acceptors (Lipinski definition) is 6. The molecule has 0 bridgehead atoms. The second-order valence-corrected chi connectivity index (χ2v) is 7.11. The third-order valence-electron chi connectivity index (χ3n) is 3.32. The Bertz CT molecular complexity index is 856. The van der Waals surface area contributed by atoms with Gasteiger partial charge in [0.2, 0.25) is 5.95 Å². The van der Waals surface area contributed by atoms with E-state index in [0.717, 1.165) is 12.3 Å². The highest BCUT2D eigenvalue weighted by molar-refractivity contribution is 7.91. The quantitative estimate of drug-likeness (QED) is 0.904. The van der Waals surface area contributed by atoms with E-state index in [1.54, 1.807) is 12.1 Å². The lowest BCUT2D eigenvalue weighted by Gasteiger charge is -2.26. The van der Waals surface area contributed by atoms with E-state index in [1.807, 2.05) is 0 Å². The monoisotopic (exact) mass is 359 g/mol. The molecule has 0 spiro atoms. The van der Waals surface area contributed by atoms with Crippen LogP contribution in [0.4, 0.5) is 19.1 Å². The highest BCUT2D eigenvalue weighted by atomic mass is 32.2. The van der Waals surface area contributed by atoms with Crippen LogP contribution in [0.15, 0.2) is 41.4 Å². The Kier molecular flexibility index (Phi) is 4.08. The van der Waals surface area contributed by atoms with Crippen molar-refractivity contribution < 1.29 is 26.3 Å². The summed E-state index contributed by atoms with van der Waals surface area (Å²) in [4.78, 5) is 7.16. The minimum Gasteiger partial charge on any atom is -0.486 e. The third kappa shape index (κ3) is 3.42. The Balaban J connectivity index is 1.73. The van der Waals surface area contributed by atoms with Crippen molar-refractivity contribution in [2.24, 2.45) is 0 Å². The fourth-order valence-electron chi connectivity index (χ4n) is 2.26. The SMILES string of the molecule is O=S1(=O)CC(CNc2nccc(C(F)(F)F)n2)Oc2ccccc21. The molecule has 3 rings (SSSR count). The minimum atomic E-state index is -4.58. The zero-order chi connectivity index (χ0) is 17.4. The maximum absolute atomic E-state index is 12.6. The fourth-order valence-corrected chi connectivity index (χ4v) is 3.82. The number of ether oxygens (including phenoxy) is 1. The molecule has 0 saturated heterocycles. The maximum atomic E-state index is 12.6. The van der Waals surface area contributed by atoms with Gasteiger partial charge in [-0.2, -0.15) is 13.2 Å². The molecule has 1 aromatic carbocycles. The van der Waals surface area contributed by atoms with Crippen LogP contribution in [0.1, 0.15) is 5.69 Å². The molecule has 2 aromatic rings. The summed E-state index contributed by atoms with van der Waals surface area (Å²) in [7, 11) is -3.51. The minimum absolute atomic E-state index is 0.0468. The van der Waals surface area contributed by atoms with Gasteiger partial charge in [-0.1, -0.05) is 12.1 Å². The average Bonchev–Trinajstić information content (AvgIpc) is 2.52. The molecule has 0 saturated carbocycles. The van der Waals surface area contributed by atoms with Gasteiger partial charge in [0, 0.05) is 6.20 Å². The van der Waals surface area contributed by atoms with E-state index in [-0.39, 0.29) is 28.9 Å². The fraction of sp³-hybridized carbons (Fsp3) is 0.286. The van der Waals surface area contributed by atoms with Gasteiger partial charge in [0.05, 0.1) is 12.3 Å². The van der Waals surface area contributed by atoms with Gasteiger partial charge in [-0.05, 0) is 18.2 Å². The normalized spacial score (nSPS) is 19.2. The van der Waals surface area contributed by atoms with Crippen molar-refractivity contribution in [3.05, 3.63) is 42.2 Å². The molecule has 128 valence electrons. The first-order valence-electron chi connectivity index (χ1n) is 6.88. The van der Waals surface area contributed by atoms with E-state index in [2.05, 4.69) is 15.3 Å². The van der Waals surface area contributed by atoms with Crippen molar-refractivity contribution >= 4 is 15.8 Å². The number of sulfone groups is 1. The number of benzene rings is 1. The summed E-state index contributed by atoms with van der Waals surface area (Å²) in [5, 5.41) is 2.58. The summed E-state index contributed by atoms with van der Waals surface area (Å²) in [6, 6.07) is 6.96. The topological polar surface area (TPSA) is 81.2 Å². The van der Waals surface area contributed by atoms with Crippen LogP contribution in [-0.4, -0.2) is 36.8 Å². The van der Waals surface area contributed by atoms with E-state index in [4.69, 9.17) is 4.74 Å². The van der Waals surface area contributed by atoms with Crippen LogP contribution >= 0.6 is 0 Å². The number of nitrogens with zero attached hydrogens (tertiary/aromatic N) is 2. The maximum Gasteiger partial charge on any atom is 0.433 e. The molecule has 2 heterocycles. The van der Waals surface area contributed by atoms with Crippen LogP contribution in [0.5, 0.6) is 5.75 Å². The molecule has 1 atom stereocenters. The molecule has 0 fully saturated rings. The number of halogens is 3. The van der Waals surface area contributed by atoms with Crippen molar-refractivity contribution in [1.82, 2.24) is 9.97 Å². The molecule has 1 unspecified atom stereocenters.